The quantitative estimate of drug-likeness (QED) is 0.629. The molecule has 0 unspecified atom stereocenters. The van der Waals surface area contributed by atoms with Gasteiger partial charge in [0, 0.05) is 22.1 Å². The van der Waals surface area contributed by atoms with Crippen molar-refractivity contribution in [2.45, 2.75) is 18.7 Å². The van der Waals surface area contributed by atoms with E-state index < -0.39 is 12.4 Å². The van der Waals surface area contributed by atoms with Crippen molar-refractivity contribution in [3.8, 4) is 0 Å². The number of hydrogen-bond donors (Lipinski definition) is 0. The number of methoxy groups -OCH3 is 1. The van der Waals surface area contributed by atoms with Gasteiger partial charge < -0.3 is 4.74 Å². The highest BCUT2D eigenvalue weighted by Gasteiger charge is 2.21. The SMILES string of the molecule is COC(=O)Cc1ncc(Br)c(C(F)F)c1CCl. The Labute approximate surface area is 110 Å². The lowest BCUT2D eigenvalue weighted by atomic mass is 10.1. The van der Waals surface area contributed by atoms with Gasteiger partial charge in [0.05, 0.1) is 19.2 Å². The van der Waals surface area contributed by atoms with Crippen LogP contribution in [0, 0.1) is 0 Å². The number of nitrogens with zero attached hydrogens (tertiary/aromatic N) is 1. The predicted molar refractivity (Wildman–Crippen MR) is 62.2 cm³/mol. The first kappa shape index (κ1) is 14.3. The van der Waals surface area contributed by atoms with E-state index in [1.54, 1.807) is 0 Å². The van der Waals surface area contributed by atoms with Crippen molar-refractivity contribution in [1.29, 1.82) is 0 Å². The van der Waals surface area contributed by atoms with Crippen molar-refractivity contribution in [2.24, 2.45) is 0 Å². The molecule has 0 atom stereocenters. The number of esters is 1. The van der Waals surface area contributed by atoms with Gasteiger partial charge in [0.1, 0.15) is 0 Å². The second kappa shape index (κ2) is 6.26. The maximum absolute atomic E-state index is 12.8. The molecule has 0 aliphatic carbocycles. The van der Waals surface area contributed by atoms with E-state index in [4.69, 9.17) is 11.6 Å². The molecule has 17 heavy (non-hydrogen) atoms. The van der Waals surface area contributed by atoms with Crippen LogP contribution < -0.4 is 0 Å². The molecule has 1 aromatic heterocycles. The summed E-state index contributed by atoms with van der Waals surface area (Å²) >= 11 is 8.62. The van der Waals surface area contributed by atoms with Gasteiger partial charge in [0.2, 0.25) is 0 Å². The summed E-state index contributed by atoms with van der Waals surface area (Å²) in [6.07, 6.45) is -1.63. The van der Waals surface area contributed by atoms with Gasteiger partial charge in [-0.3, -0.25) is 9.78 Å². The van der Waals surface area contributed by atoms with E-state index in [-0.39, 0.29) is 33.6 Å². The summed E-state index contributed by atoms with van der Waals surface area (Å²) < 4.78 is 30.3. The largest absolute Gasteiger partial charge is 0.469 e. The Morgan fingerprint density at radius 2 is 2.29 bits per heavy atom. The number of halogens is 4. The number of pyridine rings is 1. The molecular formula is C10H9BrClF2NO2. The molecule has 3 nitrogen and oxygen atoms in total. The maximum Gasteiger partial charge on any atom is 0.311 e. The molecule has 1 aromatic rings. The summed E-state index contributed by atoms with van der Waals surface area (Å²) in [5.74, 6) is -0.690. The zero-order valence-corrected chi connectivity index (χ0v) is 11.2. The molecule has 0 fully saturated rings. The lowest BCUT2D eigenvalue weighted by Gasteiger charge is -2.12. The van der Waals surface area contributed by atoms with Crippen molar-refractivity contribution in [1.82, 2.24) is 4.98 Å². The fourth-order valence-corrected chi connectivity index (χ4v) is 2.14. The lowest BCUT2D eigenvalue weighted by Crippen LogP contribution is -2.10. The minimum absolute atomic E-state index is 0.140. The average Bonchev–Trinajstić information content (AvgIpc) is 2.30. The minimum Gasteiger partial charge on any atom is -0.469 e. The van der Waals surface area contributed by atoms with E-state index in [2.05, 4.69) is 25.7 Å². The molecule has 7 heteroatoms. The Bertz CT molecular complexity index is 429. The van der Waals surface area contributed by atoms with Crippen molar-refractivity contribution in [2.75, 3.05) is 7.11 Å². The number of carbonyl (C=O) groups is 1. The van der Waals surface area contributed by atoms with E-state index in [0.717, 1.165) is 0 Å². The molecule has 94 valence electrons. The number of hydrogen-bond acceptors (Lipinski definition) is 3. The zero-order chi connectivity index (χ0) is 13.0. The van der Waals surface area contributed by atoms with Crippen molar-refractivity contribution in [3.05, 3.63) is 27.5 Å². The monoisotopic (exact) mass is 327 g/mol. The fourth-order valence-electron chi connectivity index (χ4n) is 1.33. The first-order valence-electron chi connectivity index (χ1n) is 4.58. The van der Waals surface area contributed by atoms with Crippen LogP contribution in [0.3, 0.4) is 0 Å². The first-order chi connectivity index (χ1) is 8.01. The molecule has 1 heterocycles. The topological polar surface area (TPSA) is 39.2 Å². The number of alkyl halides is 3. The van der Waals surface area contributed by atoms with Crippen LogP contribution in [-0.4, -0.2) is 18.1 Å². The van der Waals surface area contributed by atoms with Gasteiger partial charge in [0.15, 0.2) is 0 Å². The van der Waals surface area contributed by atoms with Gasteiger partial charge >= 0.3 is 5.97 Å². The van der Waals surface area contributed by atoms with Gasteiger partial charge in [-0.1, -0.05) is 0 Å². The summed E-state index contributed by atoms with van der Waals surface area (Å²) in [6, 6.07) is 0. The average molecular weight is 329 g/mol. The standard InChI is InChI=1S/C10H9BrClF2NO2/c1-17-8(16)2-7-5(3-12)9(10(13)14)6(11)4-15-7/h4,10H,2-3H2,1H3. The first-order valence-corrected chi connectivity index (χ1v) is 5.91. The molecule has 0 radical (unpaired) electrons. The third-order valence-electron chi connectivity index (χ3n) is 2.16. The van der Waals surface area contributed by atoms with Crippen molar-refractivity contribution < 1.29 is 18.3 Å². The van der Waals surface area contributed by atoms with Crippen LogP contribution >= 0.6 is 27.5 Å². The summed E-state index contributed by atoms with van der Waals surface area (Å²) in [7, 11) is 1.22. The highest BCUT2D eigenvalue weighted by atomic mass is 79.9. The fraction of sp³-hybridized carbons (Fsp3) is 0.400. The highest BCUT2D eigenvalue weighted by molar-refractivity contribution is 9.10. The van der Waals surface area contributed by atoms with Gasteiger partial charge in [-0.25, -0.2) is 8.78 Å². The van der Waals surface area contributed by atoms with Crippen LogP contribution in [0.5, 0.6) is 0 Å². The Balaban J connectivity index is 3.23. The molecule has 0 aromatic carbocycles. The lowest BCUT2D eigenvalue weighted by molar-refractivity contribution is -0.139. The van der Waals surface area contributed by atoms with Gasteiger partial charge in [-0.05, 0) is 21.5 Å². The molecule has 0 bridgehead atoms. The predicted octanol–water partition coefficient (Wildman–Crippen LogP) is 3.24. The van der Waals surface area contributed by atoms with Crippen molar-refractivity contribution >= 4 is 33.5 Å². The molecule has 0 aliphatic heterocycles. The summed E-state index contributed by atoms with van der Waals surface area (Å²) in [5.41, 5.74) is 0.153. The summed E-state index contributed by atoms with van der Waals surface area (Å²) in [5, 5.41) is 0. The Kier molecular flexibility index (Phi) is 5.27. The third-order valence-corrected chi connectivity index (χ3v) is 3.05. The van der Waals surface area contributed by atoms with E-state index >= 15 is 0 Å². The number of carbonyl (C=O) groups excluding carboxylic acids is 1. The Morgan fingerprint density at radius 1 is 1.65 bits per heavy atom. The third kappa shape index (κ3) is 3.35. The van der Waals surface area contributed by atoms with Crippen LogP contribution in [0.1, 0.15) is 23.2 Å². The van der Waals surface area contributed by atoms with E-state index in [9.17, 15) is 13.6 Å². The normalized spacial score (nSPS) is 10.7. The van der Waals surface area contributed by atoms with E-state index in [1.165, 1.54) is 13.3 Å². The number of aromatic nitrogens is 1. The van der Waals surface area contributed by atoms with Crippen LogP contribution in [0.2, 0.25) is 0 Å². The Morgan fingerprint density at radius 3 is 2.76 bits per heavy atom. The molecule has 1 rings (SSSR count). The molecule has 0 N–H and O–H groups in total. The van der Waals surface area contributed by atoms with Gasteiger partial charge in [0.25, 0.3) is 6.43 Å². The second-order valence-corrected chi connectivity index (χ2v) is 4.25. The van der Waals surface area contributed by atoms with Crippen LogP contribution in [0.4, 0.5) is 8.78 Å². The number of rotatable bonds is 4. The molecule has 0 spiro atoms. The maximum atomic E-state index is 12.8. The van der Waals surface area contributed by atoms with Gasteiger partial charge in [-0.15, -0.1) is 11.6 Å². The van der Waals surface area contributed by atoms with E-state index in [1.807, 2.05) is 0 Å². The summed E-state index contributed by atoms with van der Waals surface area (Å²) in [4.78, 5) is 15.0. The minimum atomic E-state index is -2.68. The summed E-state index contributed by atoms with van der Waals surface area (Å²) in [6.45, 7) is 0. The second-order valence-electron chi connectivity index (χ2n) is 3.13. The van der Waals surface area contributed by atoms with Crippen molar-refractivity contribution in [3.63, 3.8) is 0 Å². The molecule has 0 saturated heterocycles. The molecule has 0 saturated carbocycles. The van der Waals surface area contributed by atoms with Crippen LogP contribution in [0.25, 0.3) is 0 Å². The molecular weight excluding hydrogens is 319 g/mol. The molecule has 0 amide bonds. The van der Waals surface area contributed by atoms with Gasteiger partial charge in [-0.2, -0.15) is 0 Å². The van der Waals surface area contributed by atoms with Crippen LogP contribution in [-0.2, 0) is 21.8 Å². The molecule has 0 aliphatic rings. The Hall–Kier alpha value is -0.750. The zero-order valence-electron chi connectivity index (χ0n) is 8.84. The van der Waals surface area contributed by atoms with E-state index in [0.29, 0.717) is 0 Å². The highest BCUT2D eigenvalue weighted by Crippen LogP contribution is 2.32. The van der Waals surface area contributed by atoms with Crippen LogP contribution in [0.15, 0.2) is 10.7 Å². The smallest absolute Gasteiger partial charge is 0.311 e. The number of ether oxygens (including phenoxy) is 1.